The topological polar surface area (TPSA) is 47.3 Å². The number of benzene rings is 1. The lowest BCUT2D eigenvalue weighted by atomic mass is 10.1. The molecule has 0 spiro atoms. The molecule has 0 bridgehead atoms. The van der Waals surface area contributed by atoms with Crippen LogP contribution >= 0.6 is 0 Å². The summed E-state index contributed by atoms with van der Waals surface area (Å²) in [6, 6.07) is 9.86. The summed E-state index contributed by atoms with van der Waals surface area (Å²) >= 11 is 0. The number of carbonyl (C=O) groups excluding carboxylic acids is 1. The van der Waals surface area contributed by atoms with Crippen molar-refractivity contribution in [2.75, 3.05) is 31.1 Å². The Balaban J connectivity index is 2.15. The fourth-order valence-electron chi connectivity index (χ4n) is 2.32. The summed E-state index contributed by atoms with van der Waals surface area (Å²) in [4.78, 5) is 15.4. The quantitative estimate of drug-likeness (QED) is 0.753. The molecular formula is C14H17N3O. The van der Waals surface area contributed by atoms with Gasteiger partial charge >= 0.3 is 0 Å². The normalized spacial score (nSPS) is 16.0. The van der Waals surface area contributed by atoms with Crippen molar-refractivity contribution >= 4 is 11.6 Å². The molecule has 1 aromatic rings. The maximum atomic E-state index is 11.4. The van der Waals surface area contributed by atoms with E-state index in [0.717, 1.165) is 38.3 Å². The van der Waals surface area contributed by atoms with Gasteiger partial charge in [0.1, 0.15) is 6.07 Å². The molecule has 94 valence electrons. The third-order valence-electron chi connectivity index (χ3n) is 3.31. The second kappa shape index (κ2) is 5.54. The van der Waals surface area contributed by atoms with Crippen molar-refractivity contribution < 1.29 is 4.79 Å². The van der Waals surface area contributed by atoms with Gasteiger partial charge in [-0.3, -0.25) is 4.79 Å². The SMILES string of the molecule is CC(=O)N1CCCN(c2ccccc2C#N)CC1. The van der Waals surface area contributed by atoms with Gasteiger partial charge in [-0.15, -0.1) is 0 Å². The Morgan fingerprint density at radius 3 is 2.72 bits per heavy atom. The Hall–Kier alpha value is -2.02. The monoisotopic (exact) mass is 243 g/mol. The summed E-state index contributed by atoms with van der Waals surface area (Å²) in [6.45, 7) is 4.83. The molecule has 0 unspecified atom stereocenters. The van der Waals surface area contributed by atoms with Crippen LogP contribution in [0.5, 0.6) is 0 Å². The zero-order valence-corrected chi connectivity index (χ0v) is 10.6. The second-order valence-electron chi connectivity index (χ2n) is 4.48. The maximum absolute atomic E-state index is 11.4. The lowest BCUT2D eigenvalue weighted by molar-refractivity contribution is -0.128. The van der Waals surface area contributed by atoms with Gasteiger partial charge in [0.2, 0.25) is 5.91 Å². The number of para-hydroxylation sites is 1. The van der Waals surface area contributed by atoms with Gasteiger partial charge in [-0.25, -0.2) is 0 Å². The molecule has 1 aliphatic heterocycles. The minimum Gasteiger partial charge on any atom is -0.369 e. The van der Waals surface area contributed by atoms with Crippen LogP contribution in [-0.2, 0) is 4.79 Å². The van der Waals surface area contributed by atoms with Crippen molar-refractivity contribution in [3.05, 3.63) is 29.8 Å². The van der Waals surface area contributed by atoms with E-state index in [2.05, 4.69) is 11.0 Å². The zero-order chi connectivity index (χ0) is 13.0. The van der Waals surface area contributed by atoms with E-state index < -0.39 is 0 Å². The predicted octanol–water partition coefficient (Wildman–Crippen LogP) is 1.62. The van der Waals surface area contributed by atoms with Crippen molar-refractivity contribution in [3.8, 4) is 6.07 Å². The highest BCUT2D eigenvalue weighted by Crippen LogP contribution is 2.21. The molecule has 1 saturated heterocycles. The van der Waals surface area contributed by atoms with Gasteiger partial charge in [0.05, 0.1) is 11.3 Å². The molecule has 2 rings (SSSR count). The Bertz CT molecular complexity index is 478. The van der Waals surface area contributed by atoms with Crippen LogP contribution in [0.15, 0.2) is 24.3 Å². The van der Waals surface area contributed by atoms with Crippen LogP contribution in [0.4, 0.5) is 5.69 Å². The number of amides is 1. The molecular weight excluding hydrogens is 226 g/mol. The molecule has 18 heavy (non-hydrogen) atoms. The number of anilines is 1. The van der Waals surface area contributed by atoms with Crippen molar-refractivity contribution in [1.29, 1.82) is 5.26 Å². The lowest BCUT2D eigenvalue weighted by Crippen LogP contribution is -2.33. The second-order valence-corrected chi connectivity index (χ2v) is 4.48. The first-order chi connectivity index (χ1) is 8.72. The molecule has 1 heterocycles. The Labute approximate surface area is 107 Å². The highest BCUT2D eigenvalue weighted by molar-refractivity contribution is 5.73. The van der Waals surface area contributed by atoms with Crippen LogP contribution in [0.1, 0.15) is 18.9 Å². The van der Waals surface area contributed by atoms with Gasteiger partial charge in [0, 0.05) is 33.1 Å². The van der Waals surface area contributed by atoms with Crippen molar-refractivity contribution in [2.24, 2.45) is 0 Å². The molecule has 4 nitrogen and oxygen atoms in total. The van der Waals surface area contributed by atoms with Crippen molar-refractivity contribution in [3.63, 3.8) is 0 Å². The first-order valence-electron chi connectivity index (χ1n) is 6.22. The van der Waals surface area contributed by atoms with E-state index in [1.165, 1.54) is 0 Å². The van der Waals surface area contributed by atoms with Gasteiger partial charge in [0.25, 0.3) is 0 Å². The first kappa shape index (κ1) is 12.4. The molecule has 4 heteroatoms. The summed E-state index contributed by atoms with van der Waals surface area (Å²) in [5.41, 5.74) is 1.68. The average molecular weight is 243 g/mol. The largest absolute Gasteiger partial charge is 0.369 e. The van der Waals surface area contributed by atoms with E-state index in [9.17, 15) is 4.79 Å². The molecule has 0 aliphatic carbocycles. The van der Waals surface area contributed by atoms with Crippen LogP contribution in [0.3, 0.4) is 0 Å². The molecule has 0 aromatic heterocycles. The number of rotatable bonds is 1. The number of hydrogen-bond donors (Lipinski definition) is 0. The molecule has 1 fully saturated rings. The van der Waals surface area contributed by atoms with E-state index >= 15 is 0 Å². The fraction of sp³-hybridized carbons (Fsp3) is 0.429. The van der Waals surface area contributed by atoms with Crippen LogP contribution in [0, 0.1) is 11.3 Å². The molecule has 0 radical (unpaired) electrons. The van der Waals surface area contributed by atoms with Crippen molar-refractivity contribution in [1.82, 2.24) is 4.90 Å². The number of hydrogen-bond acceptors (Lipinski definition) is 3. The minimum absolute atomic E-state index is 0.130. The molecule has 1 aromatic carbocycles. The van der Waals surface area contributed by atoms with Gasteiger partial charge in [-0.1, -0.05) is 12.1 Å². The Kier molecular flexibility index (Phi) is 3.83. The predicted molar refractivity (Wildman–Crippen MR) is 70.2 cm³/mol. The van der Waals surface area contributed by atoms with Gasteiger partial charge in [-0.05, 0) is 18.6 Å². The third kappa shape index (κ3) is 2.62. The summed E-state index contributed by atoms with van der Waals surface area (Å²) in [6.07, 6.45) is 0.944. The Morgan fingerprint density at radius 1 is 1.22 bits per heavy atom. The average Bonchev–Trinajstić information content (AvgIpc) is 2.64. The first-order valence-corrected chi connectivity index (χ1v) is 6.22. The standard InChI is InChI=1S/C14H17N3O/c1-12(18)16-7-4-8-17(10-9-16)14-6-3-2-5-13(14)11-15/h2-3,5-6H,4,7-10H2,1H3. The van der Waals surface area contributed by atoms with Crippen molar-refractivity contribution in [2.45, 2.75) is 13.3 Å². The number of carbonyl (C=O) groups is 1. The van der Waals surface area contributed by atoms with E-state index in [4.69, 9.17) is 5.26 Å². The molecule has 0 saturated carbocycles. The molecule has 1 aliphatic rings. The highest BCUT2D eigenvalue weighted by atomic mass is 16.2. The van der Waals surface area contributed by atoms with Crippen LogP contribution in [0.25, 0.3) is 0 Å². The van der Waals surface area contributed by atoms with E-state index in [1.54, 1.807) is 6.92 Å². The summed E-state index contributed by atoms with van der Waals surface area (Å²) in [5, 5.41) is 9.12. The number of nitriles is 1. The summed E-state index contributed by atoms with van der Waals surface area (Å²) in [7, 11) is 0. The summed E-state index contributed by atoms with van der Waals surface area (Å²) in [5.74, 6) is 0.130. The maximum Gasteiger partial charge on any atom is 0.219 e. The van der Waals surface area contributed by atoms with Gasteiger partial charge < -0.3 is 9.80 Å². The molecule has 1 amide bonds. The minimum atomic E-state index is 0.130. The van der Waals surface area contributed by atoms with Crippen LogP contribution < -0.4 is 4.90 Å². The highest BCUT2D eigenvalue weighted by Gasteiger charge is 2.18. The van der Waals surface area contributed by atoms with E-state index in [0.29, 0.717) is 5.56 Å². The van der Waals surface area contributed by atoms with E-state index in [-0.39, 0.29) is 5.91 Å². The fourth-order valence-corrected chi connectivity index (χ4v) is 2.32. The van der Waals surface area contributed by atoms with Gasteiger partial charge in [0.15, 0.2) is 0 Å². The van der Waals surface area contributed by atoms with Crippen LogP contribution in [-0.4, -0.2) is 37.0 Å². The smallest absolute Gasteiger partial charge is 0.219 e. The lowest BCUT2D eigenvalue weighted by Gasteiger charge is -2.24. The van der Waals surface area contributed by atoms with Gasteiger partial charge in [-0.2, -0.15) is 5.26 Å². The molecule has 0 N–H and O–H groups in total. The zero-order valence-electron chi connectivity index (χ0n) is 10.6. The van der Waals surface area contributed by atoms with E-state index in [1.807, 2.05) is 29.2 Å². The Morgan fingerprint density at radius 2 is 2.00 bits per heavy atom. The summed E-state index contributed by atoms with van der Waals surface area (Å²) < 4.78 is 0. The van der Waals surface area contributed by atoms with Crippen LogP contribution in [0.2, 0.25) is 0 Å². The molecule has 0 atom stereocenters. The third-order valence-corrected chi connectivity index (χ3v) is 3.31. The number of nitrogens with zero attached hydrogens (tertiary/aromatic N) is 3.